The molecule has 1 unspecified atom stereocenters. The van der Waals surface area contributed by atoms with E-state index in [1.807, 2.05) is 0 Å². The summed E-state index contributed by atoms with van der Waals surface area (Å²) in [6, 6.07) is 0. The van der Waals surface area contributed by atoms with Crippen LogP contribution in [0.2, 0.25) is 0 Å². The highest BCUT2D eigenvalue weighted by molar-refractivity contribution is 5.71. The van der Waals surface area contributed by atoms with E-state index in [1.165, 1.54) is 96.3 Å². The van der Waals surface area contributed by atoms with Gasteiger partial charge >= 0.3 is 17.9 Å². The van der Waals surface area contributed by atoms with Crippen LogP contribution in [0, 0.1) is 0 Å². The molecule has 0 saturated heterocycles. The maximum atomic E-state index is 12.8. The van der Waals surface area contributed by atoms with Crippen LogP contribution in [0.4, 0.5) is 0 Å². The summed E-state index contributed by atoms with van der Waals surface area (Å²) in [4.78, 5) is 37.9. The zero-order valence-corrected chi connectivity index (χ0v) is 44.1. The highest BCUT2D eigenvalue weighted by atomic mass is 16.6. The molecule has 0 aromatic carbocycles. The van der Waals surface area contributed by atoms with Gasteiger partial charge in [-0.2, -0.15) is 0 Å². The zero-order chi connectivity index (χ0) is 49.3. The maximum Gasteiger partial charge on any atom is 0.306 e. The van der Waals surface area contributed by atoms with Gasteiger partial charge in [-0.25, -0.2) is 0 Å². The Kier molecular flexibility index (Phi) is 52.4. The van der Waals surface area contributed by atoms with Gasteiger partial charge in [-0.15, -0.1) is 0 Å². The minimum absolute atomic E-state index is 0.0940. The molecule has 1 atom stereocenters. The molecule has 0 aromatic rings. The van der Waals surface area contributed by atoms with Crippen LogP contribution in [-0.4, -0.2) is 37.2 Å². The summed E-state index contributed by atoms with van der Waals surface area (Å²) < 4.78 is 16.7. The fourth-order valence-electron chi connectivity index (χ4n) is 7.38. The van der Waals surface area contributed by atoms with Gasteiger partial charge in [-0.3, -0.25) is 14.4 Å². The van der Waals surface area contributed by atoms with Crippen molar-refractivity contribution >= 4 is 17.9 Å². The molecule has 0 aromatic heterocycles. The lowest BCUT2D eigenvalue weighted by molar-refractivity contribution is -0.167. The first kappa shape index (κ1) is 64.1. The smallest absolute Gasteiger partial charge is 0.306 e. The Morgan fingerprint density at radius 1 is 0.309 bits per heavy atom. The minimum Gasteiger partial charge on any atom is -0.462 e. The molecule has 0 aliphatic heterocycles. The topological polar surface area (TPSA) is 78.9 Å². The number of ether oxygens (including phenoxy) is 3. The Labute approximate surface area is 419 Å². The number of carbonyl (C=O) groups excluding carboxylic acids is 3. The lowest BCUT2D eigenvalue weighted by Crippen LogP contribution is -2.30. The first-order chi connectivity index (χ1) is 33.5. The summed E-state index contributed by atoms with van der Waals surface area (Å²) in [7, 11) is 0. The third kappa shape index (κ3) is 53.0. The van der Waals surface area contributed by atoms with E-state index < -0.39 is 6.10 Å². The van der Waals surface area contributed by atoms with Crippen molar-refractivity contribution in [3.63, 3.8) is 0 Å². The summed E-state index contributed by atoms with van der Waals surface area (Å²) in [5, 5.41) is 0. The SMILES string of the molecule is CC/C=C\C/C=C\C/C=C\C/C=C\C/C=C\C/C=C\C/C=C\C/C=C\C/C=C\CCCC(=O)OCC(COC(=O)CCCCCCCCCCC)OC(=O)CCCCCCCCCCCCCC. The van der Waals surface area contributed by atoms with E-state index in [1.54, 1.807) is 0 Å². The van der Waals surface area contributed by atoms with Crippen molar-refractivity contribution < 1.29 is 28.6 Å². The summed E-state index contributed by atoms with van der Waals surface area (Å²) in [6.45, 7) is 6.45. The Morgan fingerprint density at radius 2 is 0.574 bits per heavy atom. The van der Waals surface area contributed by atoms with Crippen LogP contribution in [-0.2, 0) is 28.6 Å². The van der Waals surface area contributed by atoms with Gasteiger partial charge in [0, 0.05) is 19.3 Å². The monoisotopic (exact) mass is 943 g/mol. The number of carbonyl (C=O) groups is 3. The number of unbranched alkanes of at least 4 members (excludes halogenated alkanes) is 20. The largest absolute Gasteiger partial charge is 0.462 e. The normalized spacial score (nSPS) is 12.9. The van der Waals surface area contributed by atoms with Crippen LogP contribution in [0.15, 0.2) is 109 Å². The first-order valence-corrected chi connectivity index (χ1v) is 27.9. The van der Waals surface area contributed by atoms with Crippen molar-refractivity contribution in [3.8, 4) is 0 Å². The van der Waals surface area contributed by atoms with Crippen LogP contribution in [0.1, 0.15) is 245 Å². The highest BCUT2D eigenvalue weighted by Gasteiger charge is 2.19. The van der Waals surface area contributed by atoms with Crippen molar-refractivity contribution in [2.45, 2.75) is 252 Å². The van der Waals surface area contributed by atoms with Gasteiger partial charge in [0.05, 0.1) is 0 Å². The van der Waals surface area contributed by atoms with Crippen LogP contribution < -0.4 is 0 Å². The lowest BCUT2D eigenvalue weighted by atomic mass is 10.0. The molecule has 0 amide bonds. The molecule has 0 aliphatic rings. The first-order valence-electron chi connectivity index (χ1n) is 27.9. The molecule has 0 rings (SSSR count). The minimum atomic E-state index is -0.797. The van der Waals surface area contributed by atoms with Crippen molar-refractivity contribution in [1.82, 2.24) is 0 Å². The number of rotatable bonds is 49. The van der Waals surface area contributed by atoms with Gasteiger partial charge < -0.3 is 14.2 Å². The average molecular weight is 943 g/mol. The molecule has 68 heavy (non-hydrogen) atoms. The number of hydrogen-bond acceptors (Lipinski definition) is 6. The van der Waals surface area contributed by atoms with E-state index in [9.17, 15) is 14.4 Å². The van der Waals surface area contributed by atoms with E-state index >= 15 is 0 Å². The van der Waals surface area contributed by atoms with Crippen molar-refractivity contribution in [1.29, 1.82) is 0 Å². The molecule has 386 valence electrons. The third-order valence-electron chi connectivity index (χ3n) is 11.5. The lowest BCUT2D eigenvalue weighted by Gasteiger charge is -2.18. The van der Waals surface area contributed by atoms with Gasteiger partial charge in [0.1, 0.15) is 13.2 Å². The number of hydrogen-bond donors (Lipinski definition) is 0. The molecule has 0 aliphatic carbocycles. The molecular formula is C62H102O6. The predicted octanol–water partition coefficient (Wildman–Crippen LogP) is 18.7. The molecule has 0 saturated carbocycles. The second-order valence-electron chi connectivity index (χ2n) is 18.1. The zero-order valence-electron chi connectivity index (χ0n) is 44.1. The Bertz CT molecular complexity index is 1410. The van der Waals surface area contributed by atoms with Crippen LogP contribution >= 0.6 is 0 Å². The maximum absolute atomic E-state index is 12.8. The Morgan fingerprint density at radius 3 is 0.897 bits per heavy atom. The molecular weight excluding hydrogens is 841 g/mol. The van der Waals surface area contributed by atoms with Crippen molar-refractivity contribution in [2.75, 3.05) is 13.2 Å². The summed E-state index contributed by atoms with van der Waals surface area (Å²) in [6.07, 6.45) is 75.2. The Hall–Kier alpha value is -3.93. The van der Waals surface area contributed by atoms with Crippen LogP contribution in [0.25, 0.3) is 0 Å². The van der Waals surface area contributed by atoms with Gasteiger partial charge in [0.2, 0.25) is 0 Å². The van der Waals surface area contributed by atoms with Gasteiger partial charge in [-0.05, 0) is 83.5 Å². The van der Waals surface area contributed by atoms with Gasteiger partial charge in [0.15, 0.2) is 6.10 Å². The standard InChI is InChI=1S/C62H102O6/c1-4-7-10-13-16-19-21-23-24-25-26-27-28-29-30-31-32-33-34-35-36-37-38-39-41-43-46-49-52-55-61(64)67-58-59(57-66-60(63)54-51-48-45-42-18-15-12-9-6-3)68-62(65)56-53-50-47-44-40-22-20-17-14-11-8-5-2/h7,10,16,19,23-24,26-27,29-30,32-33,35-36,38-39,43,46,59H,4-6,8-9,11-15,17-18,20-22,25,28,31,34,37,40-42,44-45,47-58H2,1-3H3/b10-7-,19-16-,24-23-,27-26-,30-29-,33-32-,36-35-,39-38-,46-43-. The molecule has 6 nitrogen and oxygen atoms in total. The summed E-state index contributed by atoms with van der Waals surface area (Å²) in [5.41, 5.74) is 0. The van der Waals surface area contributed by atoms with E-state index in [2.05, 4.69) is 130 Å². The number of allylic oxidation sites excluding steroid dienone is 18. The predicted molar refractivity (Wildman–Crippen MR) is 293 cm³/mol. The van der Waals surface area contributed by atoms with Crippen LogP contribution in [0.5, 0.6) is 0 Å². The summed E-state index contributed by atoms with van der Waals surface area (Å²) in [5.74, 6) is -0.961. The molecule has 0 fully saturated rings. The quantitative estimate of drug-likeness (QED) is 0.0262. The highest BCUT2D eigenvalue weighted by Crippen LogP contribution is 2.14. The molecule has 0 heterocycles. The fourth-order valence-corrected chi connectivity index (χ4v) is 7.38. The van der Waals surface area contributed by atoms with Crippen molar-refractivity contribution in [2.24, 2.45) is 0 Å². The molecule has 0 spiro atoms. The van der Waals surface area contributed by atoms with Gasteiger partial charge in [-0.1, -0.05) is 252 Å². The van der Waals surface area contributed by atoms with Crippen molar-refractivity contribution in [3.05, 3.63) is 109 Å². The molecule has 6 heteroatoms. The van der Waals surface area contributed by atoms with E-state index in [0.29, 0.717) is 19.3 Å². The van der Waals surface area contributed by atoms with E-state index in [0.717, 1.165) is 103 Å². The summed E-state index contributed by atoms with van der Waals surface area (Å²) >= 11 is 0. The molecule has 0 bridgehead atoms. The Balaban J connectivity index is 4.33. The second-order valence-corrected chi connectivity index (χ2v) is 18.1. The average Bonchev–Trinajstić information content (AvgIpc) is 3.34. The third-order valence-corrected chi connectivity index (χ3v) is 11.5. The molecule has 0 radical (unpaired) electrons. The van der Waals surface area contributed by atoms with E-state index in [4.69, 9.17) is 14.2 Å². The molecule has 0 N–H and O–H groups in total. The van der Waals surface area contributed by atoms with Gasteiger partial charge in [0.25, 0.3) is 0 Å². The van der Waals surface area contributed by atoms with Crippen LogP contribution in [0.3, 0.4) is 0 Å². The van der Waals surface area contributed by atoms with E-state index in [-0.39, 0.29) is 37.5 Å². The second kappa shape index (κ2) is 55.7. The fraction of sp³-hybridized carbons (Fsp3) is 0.661. The number of esters is 3.